The minimum absolute atomic E-state index is 0.0716. The molecule has 0 aliphatic carbocycles. The standard InChI is InChI=1S/C20H19NO3/c1-12(2)24-15-6-4-5-14(10-15)19-11-17(20(22)23)16-9-13(3)7-8-18(16)21-19/h4-12H,1-3H3,(H,22,23). The number of nitrogens with zero attached hydrogens (tertiary/aromatic N) is 1. The van der Waals surface area contributed by atoms with Crippen molar-refractivity contribution in [3.05, 3.63) is 59.7 Å². The molecule has 4 nitrogen and oxygen atoms in total. The highest BCUT2D eigenvalue weighted by Gasteiger charge is 2.13. The van der Waals surface area contributed by atoms with E-state index in [1.54, 1.807) is 6.07 Å². The van der Waals surface area contributed by atoms with Crippen LogP contribution in [0.3, 0.4) is 0 Å². The molecule has 24 heavy (non-hydrogen) atoms. The Kier molecular flexibility index (Phi) is 4.21. The van der Waals surface area contributed by atoms with Gasteiger partial charge in [-0.25, -0.2) is 9.78 Å². The lowest BCUT2D eigenvalue weighted by atomic mass is 10.0. The molecular weight excluding hydrogens is 302 g/mol. The van der Waals surface area contributed by atoms with Crippen molar-refractivity contribution in [3.8, 4) is 17.0 Å². The van der Waals surface area contributed by atoms with E-state index in [9.17, 15) is 9.90 Å². The van der Waals surface area contributed by atoms with Gasteiger partial charge in [-0.05, 0) is 51.1 Å². The first kappa shape index (κ1) is 16.0. The highest BCUT2D eigenvalue weighted by molar-refractivity contribution is 6.04. The van der Waals surface area contributed by atoms with E-state index in [0.29, 0.717) is 16.6 Å². The Morgan fingerprint density at radius 1 is 1.12 bits per heavy atom. The Morgan fingerprint density at radius 3 is 2.62 bits per heavy atom. The second-order valence-corrected chi connectivity index (χ2v) is 6.08. The maximum atomic E-state index is 11.7. The maximum Gasteiger partial charge on any atom is 0.336 e. The van der Waals surface area contributed by atoms with Crippen molar-refractivity contribution in [2.24, 2.45) is 0 Å². The molecule has 3 rings (SSSR count). The number of carbonyl (C=O) groups is 1. The van der Waals surface area contributed by atoms with E-state index >= 15 is 0 Å². The molecule has 1 aromatic heterocycles. The fourth-order valence-electron chi connectivity index (χ4n) is 2.67. The molecule has 122 valence electrons. The third-order valence-corrected chi connectivity index (χ3v) is 3.70. The maximum absolute atomic E-state index is 11.7. The number of hydrogen-bond acceptors (Lipinski definition) is 3. The zero-order chi connectivity index (χ0) is 17.3. The molecule has 0 bridgehead atoms. The summed E-state index contributed by atoms with van der Waals surface area (Å²) in [7, 11) is 0. The van der Waals surface area contributed by atoms with Crippen molar-refractivity contribution in [3.63, 3.8) is 0 Å². The normalized spacial score (nSPS) is 11.0. The van der Waals surface area contributed by atoms with Gasteiger partial charge in [-0.2, -0.15) is 0 Å². The predicted molar refractivity (Wildman–Crippen MR) is 94.6 cm³/mol. The SMILES string of the molecule is Cc1ccc2nc(-c3cccc(OC(C)C)c3)cc(C(=O)O)c2c1. The average Bonchev–Trinajstić information content (AvgIpc) is 2.53. The Balaban J connectivity index is 2.17. The van der Waals surface area contributed by atoms with E-state index < -0.39 is 5.97 Å². The third kappa shape index (κ3) is 3.23. The molecule has 0 aliphatic heterocycles. The summed E-state index contributed by atoms with van der Waals surface area (Å²) in [5, 5.41) is 10.2. The lowest BCUT2D eigenvalue weighted by Gasteiger charge is -2.12. The van der Waals surface area contributed by atoms with Gasteiger partial charge in [0, 0.05) is 10.9 Å². The first-order chi connectivity index (χ1) is 11.4. The first-order valence-electron chi connectivity index (χ1n) is 7.86. The summed E-state index contributed by atoms with van der Waals surface area (Å²) >= 11 is 0. The molecule has 1 heterocycles. The van der Waals surface area contributed by atoms with E-state index in [2.05, 4.69) is 4.98 Å². The quantitative estimate of drug-likeness (QED) is 0.757. The Hall–Kier alpha value is -2.88. The number of pyridine rings is 1. The Labute approximate surface area is 140 Å². The summed E-state index contributed by atoms with van der Waals surface area (Å²) in [5.74, 6) is -0.214. The summed E-state index contributed by atoms with van der Waals surface area (Å²) in [5.41, 5.74) is 3.39. The fraction of sp³-hybridized carbons (Fsp3) is 0.200. The number of hydrogen-bond donors (Lipinski definition) is 1. The number of rotatable bonds is 4. The second kappa shape index (κ2) is 6.32. The molecule has 0 saturated carbocycles. The van der Waals surface area contributed by atoms with Gasteiger partial charge >= 0.3 is 5.97 Å². The van der Waals surface area contributed by atoms with Crippen LogP contribution in [-0.4, -0.2) is 22.2 Å². The number of benzene rings is 2. The van der Waals surface area contributed by atoms with Gasteiger partial charge in [0.1, 0.15) is 5.75 Å². The molecule has 1 N–H and O–H groups in total. The number of aryl methyl sites for hydroxylation is 1. The number of fused-ring (bicyclic) bond motifs is 1. The van der Waals surface area contributed by atoms with Gasteiger partial charge in [0.15, 0.2) is 0 Å². The highest BCUT2D eigenvalue weighted by Crippen LogP contribution is 2.28. The van der Waals surface area contributed by atoms with Crippen LogP contribution in [0.1, 0.15) is 29.8 Å². The lowest BCUT2D eigenvalue weighted by Crippen LogP contribution is -2.05. The van der Waals surface area contributed by atoms with Crippen LogP contribution < -0.4 is 4.74 Å². The summed E-state index contributed by atoms with van der Waals surface area (Å²) < 4.78 is 5.71. The molecule has 0 amide bonds. The fourth-order valence-corrected chi connectivity index (χ4v) is 2.67. The summed E-state index contributed by atoms with van der Waals surface area (Å²) in [6, 6.07) is 14.8. The van der Waals surface area contributed by atoms with E-state index in [0.717, 1.165) is 16.9 Å². The van der Waals surface area contributed by atoms with Crippen LogP contribution in [0, 0.1) is 6.92 Å². The van der Waals surface area contributed by atoms with Crippen molar-refractivity contribution < 1.29 is 14.6 Å². The van der Waals surface area contributed by atoms with Crippen molar-refractivity contribution in [1.29, 1.82) is 0 Å². The van der Waals surface area contributed by atoms with Crippen LogP contribution in [0.5, 0.6) is 5.75 Å². The van der Waals surface area contributed by atoms with E-state index in [4.69, 9.17) is 4.74 Å². The minimum atomic E-state index is -0.955. The molecule has 3 aromatic rings. The lowest BCUT2D eigenvalue weighted by molar-refractivity contribution is 0.0699. The van der Waals surface area contributed by atoms with E-state index in [1.165, 1.54) is 0 Å². The molecule has 0 radical (unpaired) electrons. The number of carboxylic acids is 1. The van der Waals surface area contributed by atoms with Crippen molar-refractivity contribution in [1.82, 2.24) is 4.98 Å². The third-order valence-electron chi connectivity index (χ3n) is 3.70. The van der Waals surface area contributed by atoms with Crippen LogP contribution in [0.2, 0.25) is 0 Å². The first-order valence-corrected chi connectivity index (χ1v) is 7.86. The largest absolute Gasteiger partial charge is 0.491 e. The zero-order valence-corrected chi connectivity index (χ0v) is 13.9. The van der Waals surface area contributed by atoms with Crippen LogP contribution in [-0.2, 0) is 0 Å². The van der Waals surface area contributed by atoms with Crippen LogP contribution in [0.15, 0.2) is 48.5 Å². The van der Waals surface area contributed by atoms with Gasteiger partial charge in [-0.15, -0.1) is 0 Å². The van der Waals surface area contributed by atoms with Gasteiger partial charge in [0.2, 0.25) is 0 Å². The minimum Gasteiger partial charge on any atom is -0.491 e. The molecular formula is C20H19NO3. The topological polar surface area (TPSA) is 59.4 Å². The second-order valence-electron chi connectivity index (χ2n) is 6.08. The Bertz CT molecular complexity index is 916. The molecule has 0 atom stereocenters. The van der Waals surface area contributed by atoms with Crippen molar-refractivity contribution >= 4 is 16.9 Å². The number of ether oxygens (including phenoxy) is 1. The van der Waals surface area contributed by atoms with Gasteiger partial charge < -0.3 is 9.84 Å². The van der Waals surface area contributed by atoms with Crippen LogP contribution in [0.25, 0.3) is 22.2 Å². The molecule has 0 unspecified atom stereocenters. The predicted octanol–water partition coefficient (Wildman–Crippen LogP) is 4.70. The number of carboxylic acid groups (broad SMARTS) is 1. The van der Waals surface area contributed by atoms with Gasteiger partial charge in [0.25, 0.3) is 0 Å². The molecule has 0 aliphatic rings. The zero-order valence-electron chi connectivity index (χ0n) is 13.9. The summed E-state index contributed by atoms with van der Waals surface area (Å²) in [4.78, 5) is 16.3. The van der Waals surface area contributed by atoms with Crippen molar-refractivity contribution in [2.45, 2.75) is 26.9 Å². The van der Waals surface area contributed by atoms with Crippen LogP contribution >= 0.6 is 0 Å². The van der Waals surface area contributed by atoms with Crippen molar-refractivity contribution in [2.75, 3.05) is 0 Å². The molecule has 0 spiro atoms. The monoisotopic (exact) mass is 321 g/mol. The van der Waals surface area contributed by atoms with Gasteiger partial charge in [-0.1, -0.05) is 23.8 Å². The molecule has 0 fully saturated rings. The highest BCUT2D eigenvalue weighted by atomic mass is 16.5. The summed E-state index contributed by atoms with van der Waals surface area (Å²) in [6.45, 7) is 5.86. The molecule has 2 aromatic carbocycles. The van der Waals surface area contributed by atoms with Crippen LogP contribution in [0.4, 0.5) is 0 Å². The molecule has 0 saturated heterocycles. The van der Waals surface area contributed by atoms with Gasteiger partial charge in [0.05, 0.1) is 22.9 Å². The van der Waals surface area contributed by atoms with E-state index in [1.807, 2.05) is 63.2 Å². The molecule has 4 heteroatoms. The number of aromatic carboxylic acids is 1. The summed E-state index contributed by atoms with van der Waals surface area (Å²) in [6.07, 6.45) is 0.0716. The van der Waals surface area contributed by atoms with Gasteiger partial charge in [-0.3, -0.25) is 0 Å². The Morgan fingerprint density at radius 2 is 1.92 bits per heavy atom. The smallest absolute Gasteiger partial charge is 0.336 e. The van der Waals surface area contributed by atoms with E-state index in [-0.39, 0.29) is 11.7 Å². The number of aromatic nitrogens is 1. The average molecular weight is 321 g/mol.